The van der Waals surface area contributed by atoms with Crippen LogP contribution in [0.5, 0.6) is 0 Å². The highest BCUT2D eigenvalue weighted by Gasteiger charge is 2.20. The minimum atomic E-state index is -3.79. The molecule has 1 atom stereocenters. The molecular weight excluding hydrogens is 475 g/mol. The summed E-state index contributed by atoms with van der Waals surface area (Å²) in [4.78, 5) is 14.8. The van der Waals surface area contributed by atoms with Gasteiger partial charge in [0, 0.05) is 18.5 Å². The number of thiocarbonyl (C=S) groups is 1. The van der Waals surface area contributed by atoms with Crippen molar-refractivity contribution >= 4 is 38.8 Å². The second-order valence-electron chi connectivity index (χ2n) is 8.20. The second kappa shape index (κ2) is 10.5. The monoisotopic (exact) mass is 502 g/mol. The molecule has 0 saturated carbocycles. The lowest BCUT2D eigenvalue weighted by molar-refractivity contribution is -0.140. The molecule has 0 bridgehead atoms. The summed E-state index contributed by atoms with van der Waals surface area (Å²) < 4.78 is 46.2. The molecule has 0 amide bonds. The lowest BCUT2D eigenvalue weighted by Crippen LogP contribution is -2.21. The number of carbonyl (C=O) groups is 1. The van der Waals surface area contributed by atoms with Crippen molar-refractivity contribution in [3.05, 3.63) is 88.0 Å². The molecule has 34 heavy (non-hydrogen) atoms. The van der Waals surface area contributed by atoms with Crippen LogP contribution in [0, 0.1) is 19.7 Å². The van der Waals surface area contributed by atoms with Gasteiger partial charge in [-0.25, -0.2) is 12.8 Å². The summed E-state index contributed by atoms with van der Waals surface area (Å²) in [6.45, 7) is 6.75. The van der Waals surface area contributed by atoms with Crippen LogP contribution in [0.4, 0.5) is 10.1 Å². The third-order valence-electron chi connectivity index (χ3n) is 5.44. The van der Waals surface area contributed by atoms with Crippen molar-refractivity contribution in [3.8, 4) is 0 Å². The third kappa shape index (κ3) is 6.30. The number of aromatic nitrogens is 1. The molecule has 0 radical (unpaired) electrons. The van der Waals surface area contributed by atoms with Crippen LogP contribution >= 0.6 is 12.2 Å². The maximum Gasteiger partial charge on any atom is 0.302 e. The van der Waals surface area contributed by atoms with Gasteiger partial charge in [0.25, 0.3) is 0 Å². The van der Waals surface area contributed by atoms with E-state index in [1.165, 1.54) is 13.0 Å². The molecular formula is C25H27FN2O4S2. The Morgan fingerprint density at radius 2 is 1.82 bits per heavy atom. The van der Waals surface area contributed by atoms with Crippen LogP contribution in [0.15, 0.2) is 48.5 Å². The van der Waals surface area contributed by atoms with Crippen LogP contribution in [-0.4, -0.2) is 36.6 Å². The molecule has 1 unspecified atom stereocenters. The van der Waals surface area contributed by atoms with E-state index in [0.29, 0.717) is 10.4 Å². The van der Waals surface area contributed by atoms with E-state index in [1.807, 2.05) is 51.1 Å². The van der Waals surface area contributed by atoms with Gasteiger partial charge in [-0.3, -0.25) is 9.52 Å². The first-order chi connectivity index (χ1) is 16.0. The molecule has 6 nitrogen and oxygen atoms in total. The van der Waals surface area contributed by atoms with Crippen LogP contribution in [0.25, 0.3) is 0 Å². The maximum absolute atomic E-state index is 14.9. The van der Waals surface area contributed by atoms with Crippen molar-refractivity contribution in [2.45, 2.75) is 33.6 Å². The van der Waals surface area contributed by atoms with E-state index in [0.717, 1.165) is 34.1 Å². The molecule has 0 aliphatic carbocycles. The number of aryl methyl sites for hydroxylation is 2. The zero-order chi connectivity index (χ0) is 25.0. The second-order valence-corrected chi connectivity index (χ2v) is 10.4. The number of ether oxygens (including phenoxy) is 1. The summed E-state index contributed by atoms with van der Waals surface area (Å²) in [5, 5.41) is 0. The number of benzene rings is 2. The summed E-state index contributed by atoms with van der Waals surface area (Å²) in [7, 11) is -3.79. The van der Waals surface area contributed by atoms with E-state index in [2.05, 4.69) is 14.4 Å². The van der Waals surface area contributed by atoms with Gasteiger partial charge >= 0.3 is 5.97 Å². The van der Waals surface area contributed by atoms with Gasteiger partial charge in [0.1, 0.15) is 18.2 Å². The first-order valence-corrected chi connectivity index (χ1v) is 12.8. The molecule has 1 aromatic heterocycles. The maximum atomic E-state index is 14.9. The fourth-order valence-corrected chi connectivity index (χ4v) is 4.78. The molecule has 2 N–H and O–H groups in total. The van der Waals surface area contributed by atoms with Gasteiger partial charge in [-0.2, -0.15) is 0 Å². The normalized spacial score (nSPS) is 12.3. The number of H-pyrrole nitrogens is 1. The number of aromatic amines is 1. The Labute approximate surface area is 204 Å². The Bertz CT molecular complexity index is 1320. The Morgan fingerprint density at radius 1 is 1.15 bits per heavy atom. The van der Waals surface area contributed by atoms with Crippen molar-refractivity contribution in [2.75, 3.05) is 17.1 Å². The van der Waals surface area contributed by atoms with Crippen molar-refractivity contribution in [1.82, 2.24) is 4.98 Å². The number of sulfonamides is 1. The summed E-state index contributed by atoms with van der Waals surface area (Å²) in [5.74, 6) is -1.84. The van der Waals surface area contributed by atoms with Gasteiger partial charge < -0.3 is 9.72 Å². The molecule has 3 aromatic rings. The van der Waals surface area contributed by atoms with E-state index in [-0.39, 0.29) is 18.2 Å². The number of esters is 1. The highest BCUT2D eigenvalue weighted by molar-refractivity contribution is 7.92. The van der Waals surface area contributed by atoms with Crippen LogP contribution in [0.3, 0.4) is 0 Å². The van der Waals surface area contributed by atoms with E-state index < -0.39 is 27.6 Å². The van der Waals surface area contributed by atoms with Gasteiger partial charge in [0.15, 0.2) is 0 Å². The van der Waals surface area contributed by atoms with Crippen LogP contribution in [-0.2, 0) is 19.6 Å². The van der Waals surface area contributed by atoms with Gasteiger partial charge in [-0.15, -0.1) is 0 Å². The fourth-order valence-electron chi connectivity index (χ4n) is 3.54. The number of anilines is 1. The molecule has 2 aromatic carbocycles. The van der Waals surface area contributed by atoms with Crippen LogP contribution < -0.4 is 4.72 Å². The van der Waals surface area contributed by atoms with E-state index in [9.17, 15) is 17.6 Å². The van der Waals surface area contributed by atoms with Crippen molar-refractivity contribution in [2.24, 2.45) is 0 Å². The third-order valence-corrected chi connectivity index (χ3v) is 7.13. The minimum Gasteiger partial charge on any atom is -0.465 e. The SMILES string of the molecule is CC(=O)OCCS(=O)(=O)Nc1ccc(C(C)c2cc(C)c(C(=S)c3ccc(C)cc3)[nH]2)c(F)c1. The number of rotatable bonds is 9. The molecule has 0 spiro atoms. The summed E-state index contributed by atoms with van der Waals surface area (Å²) >= 11 is 5.67. The van der Waals surface area contributed by atoms with E-state index in [4.69, 9.17) is 12.2 Å². The standard InChI is InChI=1S/C25H27FN2O4S2/c1-15-5-7-19(8-6-15)25(33)24-16(2)13-23(27-24)17(3)21-10-9-20(14-22(21)26)28-34(30,31)12-11-32-18(4)29/h5-10,13-14,17,27-28H,11-12H2,1-4H3. The Kier molecular flexibility index (Phi) is 7.89. The zero-order valence-electron chi connectivity index (χ0n) is 19.4. The van der Waals surface area contributed by atoms with Gasteiger partial charge in [-0.1, -0.05) is 55.0 Å². The predicted octanol–water partition coefficient (Wildman–Crippen LogP) is 4.99. The Balaban J connectivity index is 1.77. The average molecular weight is 503 g/mol. The van der Waals surface area contributed by atoms with Crippen molar-refractivity contribution in [1.29, 1.82) is 0 Å². The smallest absolute Gasteiger partial charge is 0.302 e. The van der Waals surface area contributed by atoms with Crippen molar-refractivity contribution in [3.63, 3.8) is 0 Å². The number of halogens is 1. The topological polar surface area (TPSA) is 88.3 Å². The number of hydrogen-bond donors (Lipinski definition) is 2. The lowest BCUT2D eigenvalue weighted by atomic mass is 9.97. The molecule has 0 fully saturated rings. The van der Waals surface area contributed by atoms with Crippen molar-refractivity contribution < 1.29 is 22.3 Å². The first-order valence-electron chi connectivity index (χ1n) is 10.7. The number of carbonyl (C=O) groups excluding carboxylic acids is 1. The molecule has 0 aliphatic rings. The van der Waals surface area contributed by atoms with E-state index >= 15 is 0 Å². The molecule has 9 heteroatoms. The largest absolute Gasteiger partial charge is 0.465 e. The summed E-state index contributed by atoms with van der Waals surface area (Å²) in [6, 6.07) is 14.1. The number of nitrogens with one attached hydrogen (secondary N) is 2. The van der Waals surface area contributed by atoms with Gasteiger partial charge in [0.05, 0.1) is 16.2 Å². The fraction of sp³-hybridized carbons (Fsp3) is 0.280. The quantitative estimate of drug-likeness (QED) is 0.244. The highest BCUT2D eigenvalue weighted by atomic mass is 32.2. The molecule has 3 rings (SSSR count). The minimum absolute atomic E-state index is 0.0974. The van der Waals surface area contributed by atoms with Gasteiger partial charge in [0.2, 0.25) is 10.0 Å². The average Bonchev–Trinajstić information content (AvgIpc) is 3.14. The van der Waals surface area contributed by atoms with Crippen LogP contribution in [0.2, 0.25) is 0 Å². The Morgan fingerprint density at radius 3 is 2.44 bits per heavy atom. The van der Waals surface area contributed by atoms with E-state index in [1.54, 1.807) is 6.07 Å². The zero-order valence-corrected chi connectivity index (χ0v) is 21.1. The Hall–Kier alpha value is -3.04. The molecule has 0 aliphatic heterocycles. The van der Waals surface area contributed by atoms with Gasteiger partial charge in [-0.05, 0) is 48.7 Å². The molecule has 180 valence electrons. The lowest BCUT2D eigenvalue weighted by Gasteiger charge is -2.14. The number of hydrogen-bond acceptors (Lipinski definition) is 5. The predicted molar refractivity (Wildman–Crippen MR) is 135 cm³/mol. The summed E-state index contributed by atoms with van der Waals surface area (Å²) in [5.41, 5.74) is 5.17. The first kappa shape index (κ1) is 25.6. The summed E-state index contributed by atoms with van der Waals surface area (Å²) in [6.07, 6.45) is 0. The van der Waals surface area contributed by atoms with Crippen LogP contribution in [0.1, 0.15) is 53.4 Å². The molecule has 0 saturated heterocycles. The highest BCUT2D eigenvalue weighted by Crippen LogP contribution is 2.30. The molecule has 1 heterocycles.